The van der Waals surface area contributed by atoms with E-state index in [0.29, 0.717) is 5.15 Å². The molecule has 0 radical (unpaired) electrons. The van der Waals surface area contributed by atoms with Crippen molar-refractivity contribution in [3.63, 3.8) is 0 Å². The standard InChI is InChI=1S/C14H25ClN4/c1-5-7-13-16-12(15)11-14(17-13)19(8-6-2)10-9-18(3)4/h11H,5-10H2,1-4H3. The molecular weight excluding hydrogens is 260 g/mol. The maximum Gasteiger partial charge on any atom is 0.134 e. The van der Waals surface area contributed by atoms with Crippen LogP contribution in [0, 0.1) is 0 Å². The van der Waals surface area contributed by atoms with Crippen LogP contribution in [0.4, 0.5) is 5.82 Å². The lowest BCUT2D eigenvalue weighted by Gasteiger charge is -2.25. The summed E-state index contributed by atoms with van der Waals surface area (Å²) in [4.78, 5) is 13.4. The van der Waals surface area contributed by atoms with Crippen molar-refractivity contribution >= 4 is 17.4 Å². The van der Waals surface area contributed by atoms with Crippen molar-refractivity contribution in [1.29, 1.82) is 0 Å². The molecule has 0 atom stereocenters. The lowest BCUT2D eigenvalue weighted by atomic mass is 10.3. The lowest BCUT2D eigenvalue weighted by Crippen LogP contribution is -2.33. The molecule has 0 amide bonds. The van der Waals surface area contributed by atoms with Crippen molar-refractivity contribution in [2.45, 2.75) is 33.1 Å². The average Bonchev–Trinajstić information content (AvgIpc) is 2.34. The Morgan fingerprint density at radius 1 is 1.05 bits per heavy atom. The van der Waals surface area contributed by atoms with Gasteiger partial charge in [0.15, 0.2) is 0 Å². The first kappa shape index (κ1) is 16.2. The van der Waals surface area contributed by atoms with Crippen molar-refractivity contribution in [2.24, 2.45) is 0 Å². The van der Waals surface area contributed by atoms with Gasteiger partial charge in [0, 0.05) is 32.1 Å². The number of nitrogens with zero attached hydrogens (tertiary/aromatic N) is 4. The number of likely N-dealkylation sites (N-methyl/N-ethyl adjacent to an activating group) is 1. The molecular formula is C14H25ClN4. The number of anilines is 1. The third-order valence-corrected chi connectivity index (χ3v) is 3.03. The van der Waals surface area contributed by atoms with Crippen LogP contribution in [-0.4, -0.2) is 48.6 Å². The van der Waals surface area contributed by atoms with E-state index in [0.717, 1.165) is 50.5 Å². The van der Waals surface area contributed by atoms with E-state index in [2.05, 4.69) is 47.7 Å². The van der Waals surface area contributed by atoms with Gasteiger partial charge in [0.25, 0.3) is 0 Å². The molecule has 0 aliphatic carbocycles. The van der Waals surface area contributed by atoms with Gasteiger partial charge in [0.1, 0.15) is 16.8 Å². The fourth-order valence-electron chi connectivity index (χ4n) is 1.88. The maximum absolute atomic E-state index is 6.10. The molecule has 1 aromatic heterocycles. The molecule has 0 saturated carbocycles. The van der Waals surface area contributed by atoms with Crippen LogP contribution in [0.25, 0.3) is 0 Å². The Kier molecular flexibility index (Phi) is 7.10. The van der Waals surface area contributed by atoms with Gasteiger partial charge >= 0.3 is 0 Å². The van der Waals surface area contributed by atoms with Crippen LogP contribution in [0.1, 0.15) is 32.5 Å². The molecule has 108 valence electrons. The molecule has 4 nitrogen and oxygen atoms in total. The third-order valence-electron chi connectivity index (χ3n) is 2.84. The van der Waals surface area contributed by atoms with E-state index in [9.17, 15) is 0 Å². The van der Waals surface area contributed by atoms with Gasteiger partial charge in [0.05, 0.1) is 0 Å². The Morgan fingerprint density at radius 3 is 2.37 bits per heavy atom. The fourth-order valence-corrected chi connectivity index (χ4v) is 2.08. The summed E-state index contributed by atoms with van der Waals surface area (Å²) in [6.45, 7) is 7.26. The SMILES string of the molecule is CCCc1nc(Cl)cc(N(CCC)CCN(C)C)n1. The van der Waals surface area contributed by atoms with Crippen LogP contribution in [0.5, 0.6) is 0 Å². The molecule has 0 saturated heterocycles. The van der Waals surface area contributed by atoms with Crippen LogP contribution in [0.15, 0.2) is 6.07 Å². The van der Waals surface area contributed by atoms with Gasteiger partial charge in [0.2, 0.25) is 0 Å². The van der Waals surface area contributed by atoms with Crippen molar-refractivity contribution < 1.29 is 0 Å². The summed E-state index contributed by atoms with van der Waals surface area (Å²) in [6.07, 6.45) is 3.00. The van der Waals surface area contributed by atoms with Crippen molar-refractivity contribution in [2.75, 3.05) is 38.6 Å². The first-order valence-corrected chi connectivity index (χ1v) is 7.37. The molecule has 0 unspecified atom stereocenters. The highest BCUT2D eigenvalue weighted by Crippen LogP contribution is 2.17. The number of hydrogen-bond acceptors (Lipinski definition) is 4. The summed E-state index contributed by atoms with van der Waals surface area (Å²) in [5.74, 6) is 1.79. The van der Waals surface area contributed by atoms with Crippen LogP contribution in [0.3, 0.4) is 0 Å². The fraction of sp³-hybridized carbons (Fsp3) is 0.714. The molecule has 1 aromatic rings. The summed E-state index contributed by atoms with van der Waals surface area (Å²) in [6, 6.07) is 1.87. The zero-order valence-electron chi connectivity index (χ0n) is 12.5. The third kappa shape index (κ3) is 5.74. The molecule has 0 N–H and O–H groups in total. The van der Waals surface area contributed by atoms with Gasteiger partial charge in [-0.25, -0.2) is 9.97 Å². The normalized spacial score (nSPS) is 11.1. The molecule has 5 heteroatoms. The first-order chi connectivity index (χ1) is 9.06. The highest BCUT2D eigenvalue weighted by molar-refractivity contribution is 6.29. The summed E-state index contributed by atoms with van der Waals surface area (Å²) in [7, 11) is 4.17. The number of hydrogen-bond donors (Lipinski definition) is 0. The van der Waals surface area contributed by atoms with E-state index in [1.807, 2.05) is 6.07 Å². The van der Waals surface area contributed by atoms with Crippen LogP contribution >= 0.6 is 11.6 Å². The molecule has 0 bridgehead atoms. The van der Waals surface area contributed by atoms with E-state index in [1.54, 1.807) is 0 Å². The van der Waals surface area contributed by atoms with Gasteiger partial charge in [-0.3, -0.25) is 0 Å². The first-order valence-electron chi connectivity index (χ1n) is 7.00. The summed E-state index contributed by atoms with van der Waals surface area (Å²) in [5.41, 5.74) is 0. The molecule has 0 aliphatic heterocycles. The Labute approximate surface area is 121 Å². The van der Waals surface area contributed by atoms with E-state index in [4.69, 9.17) is 11.6 Å². The molecule has 1 rings (SSSR count). The zero-order chi connectivity index (χ0) is 14.3. The van der Waals surface area contributed by atoms with Crippen molar-refractivity contribution in [1.82, 2.24) is 14.9 Å². The summed E-state index contributed by atoms with van der Waals surface area (Å²) >= 11 is 6.10. The van der Waals surface area contributed by atoms with Crippen molar-refractivity contribution in [3.05, 3.63) is 17.0 Å². The molecule has 1 heterocycles. The predicted octanol–water partition coefficient (Wildman–Crippen LogP) is 2.86. The van der Waals surface area contributed by atoms with Gasteiger partial charge in [-0.15, -0.1) is 0 Å². The minimum Gasteiger partial charge on any atom is -0.355 e. The van der Waals surface area contributed by atoms with Crippen LogP contribution in [-0.2, 0) is 6.42 Å². The Morgan fingerprint density at radius 2 is 1.79 bits per heavy atom. The summed E-state index contributed by atoms with van der Waals surface area (Å²) in [5, 5.41) is 0.541. The van der Waals surface area contributed by atoms with E-state index in [-0.39, 0.29) is 0 Å². The van der Waals surface area contributed by atoms with E-state index >= 15 is 0 Å². The number of halogens is 1. The maximum atomic E-state index is 6.10. The topological polar surface area (TPSA) is 32.3 Å². The smallest absolute Gasteiger partial charge is 0.134 e. The summed E-state index contributed by atoms with van der Waals surface area (Å²) < 4.78 is 0. The van der Waals surface area contributed by atoms with Gasteiger partial charge in [-0.2, -0.15) is 0 Å². The van der Waals surface area contributed by atoms with Crippen molar-refractivity contribution in [3.8, 4) is 0 Å². The number of rotatable bonds is 8. The Bertz CT molecular complexity index is 382. The van der Waals surface area contributed by atoms with E-state index < -0.39 is 0 Å². The molecule has 0 aromatic carbocycles. The highest BCUT2D eigenvalue weighted by Gasteiger charge is 2.10. The number of aryl methyl sites for hydroxylation is 1. The monoisotopic (exact) mass is 284 g/mol. The van der Waals surface area contributed by atoms with Gasteiger partial charge in [-0.05, 0) is 26.9 Å². The largest absolute Gasteiger partial charge is 0.355 e. The van der Waals surface area contributed by atoms with Gasteiger partial charge < -0.3 is 9.80 Å². The van der Waals surface area contributed by atoms with Crippen LogP contribution < -0.4 is 4.90 Å². The minimum absolute atomic E-state index is 0.541. The second-order valence-corrected chi connectivity index (χ2v) is 5.39. The quantitative estimate of drug-likeness (QED) is 0.687. The molecule has 0 fully saturated rings. The Balaban J connectivity index is 2.87. The molecule has 19 heavy (non-hydrogen) atoms. The van der Waals surface area contributed by atoms with Crippen LogP contribution in [0.2, 0.25) is 5.15 Å². The van der Waals surface area contributed by atoms with E-state index in [1.165, 1.54) is 0 Å². The molecule has 0 aliphatic rings. The zero-order valence-corrected chi connectivity index (χ0v) is 13.2. The number of aromatic nitrogens is 2. The predicted molar refractivity (Wildman–Crippen MR) is 82.1 cm³/mol. The molecule has 0 spiro atoms. The average molecular weight is 285 g/mol. The second kappa shape index (κ2) is 8.33. The Hall–Kier alpha value is -0.870. The minimum atomic E-state index is 0.541. The highest BCUT2D eigenvalue weighted by atomic mass is 35.5. The van der Waals surface area contributed by atoms with Gasteiger partial charge in [-0.1, -0.05) is 25.4 Å². The second-order valence-electron chi connectivity index (χ2n) is 5.01. The lowest BCUT2D eigenvalue weighted by molar-refractivity contribution is 0.412.